The van der Waals surface area contributed by atoms with Gasteiger partial charge in [0.15, 0.2) is 11.2 Å². The number of likely N-dealkylation sites (tertiary alicyclic amines) is 1. The zero-order valence-electron chi connectivity index (χ0n) is 26.9. The monoisotopic (exact) mass is 687 g/mol. The summed E-state index contributed by atoms with van der Waals surface area (Å²) in [4.78, 5) is 14.2. The number of alkyl halides is 3. The highest BCUT2D eigenvalue weighted by Crippen LogP contribution is 2.33. The largest absolute Gasteiger partial charge is 0.393 e. The van der Waals surface area contributed by atoms with Crippen LogP contribution >= 0.6 is 11.3 Å². The first-order valence-electron chi connectivity index (χ1n) is 15.9. The van der Waals surface area contributed by atoms with Gasteiger partial charge in [-0.05, 0) is 49.1 Å². The fourth-order valence-electron chi connectivity index (χ4n) is 6.58. The van der Waals surface area contributed by atoms with E-state index >= 15 is 0 Å². The smallest absolute Gasteiger partial charge is 0.367 e. The lowest BCUT2D eigenvalue weighted by molar-refractivity contribution is -0.126. The summed E-state index contributed by atoms with van der Waals surface area (Å²) in [6.07, 6.45) is -2.02. The number of nitrogens with one attached hydrogen (secondary N) is 1. The van der Waals surface area contributed by atoms with E-state index in [2.05, 4.69) is 54.8 Å². The second kappa shape index (κ2) is 14.2. The molecule has 252 valence electrons. The third kappa shape index (κ3) is 7.79. The molecule has 3 aromatic heterocycles. The number of hydrogen-bond donors (Lipinski definition) is 1. The zero-order chi connectivity index (χ0) is 33.3. The topological polar surface area (TPSA) is 96.6 Å². The van der Waals surface area contributed by atoms with Gasteiger partial charge in [-0.1, -0.05) is 6.07 Å². The van der Waals surface area contributed by atoms with E-state index in [4.69, 9.17) is 0 Å². The number of halogens is 3. The molecule has 4 aromatic rings. The van der Waals surface area contributed by atoms with E-state index in [0.29, 0.717) is 21.7 Å². The average molecular weight is 688 g/mol. The number of benzene rings is 1. The Morgan fingerprint density at radius 1 is 1.04 bits per heavy atom. The zero-order valence-corrected chi connectivity index (χ0v) is 28.5. The predicted octanol–water partition coefficient (Wildman–Crippen LogP) is 4.77. The van der Waals surface area contributed by atoms with Gasteiger partial charge in [-0.15, -0.1) is 11.3 Å². The van der Waals surface area contributed by atoms with Gasteiger partial charge in [-0.2, -0.15) is 18.4 Å². The summed E-state index contributed by atoms with van der Waals surface area (Å²) in [5.41, 5.74) is 4.16. The van der Waals surface area contributed by atoms with Crippen LogP contribution in [0.25, 0.3) is 21.1 Å². The molecule has 15 heteroatoms. The van der Waals surface area contributed by atoms with Crippen molar-refractivity contribution in [2.75, 3.05) is 65.2 Å². The molecule has 2 saturated heterocycles. The fraction of sp³-hybridized carbons (Fsp3) is 0.531. The molecule has 10 nitrogen and oxygen atoms in total. The number of nitriles is 1. The number of piperazine rings is 1. The van der Waals surface area contributed by atoms with Crippen molar-refractivity contribution in [1.82, 2.24) is 32.9 Å². The van der Waals surface area contributed by atoms with Crippen molar-refractivity contribution in [1.29, 1.82) is 5.26 Å². The second-order valence-electron chi connectivity index (χ2n) is 12.5. The average Bonchev–Trinajstić information content (AvgIpc) is 3.62. The summed E-state index contributed by atoms with van der Waals surface area (Å²) in [7, 11) is 3.65. The van der Waals surface area contributed by atoms with Gasteiger partial charge in [0.1, 0.15) is 28.7 Å². The molecule has 0 radical (unpaired) electrons. The Labute approximate surface area is 279 Å². The molecule has 47 heavy (non-hydrogen) atoms. The molecule has 2 aliphatic heterocycles. The molecule has 6 rings (SSSR count). The number of rotatable bonds is 10. The van der Waals surface area contributed by atoms with E-state index in [1.165, 1.54) is 17.5 Å². The molecule has 0 amide bonds. The van der Waals surface area contributed by atoms with Crippen LogP contribution in [0.2, 0.25) is 0 Å². The predicted molar refractivity (Wildman–Crippen MR) is 180 cm³/mol. The molecule has 0 spiro atoms. The minimum absolute atomic E-state index is 0.171. The van der Waals surface area contributed by atoms with Crippen LogP contribution in [0.5, 0.6) is 0 Å². The Kier molecular flexibility index (Phi) is 10.2. The number of thiophene rings is 1. The number of hydrogen-bond acceptors (Lipinski definition) is 8. The van der Waals surface area contributed by atoms with E-state index in [9.17, 15) is 22.6 Å². The minimum atomic E-state index is -4.26. The van der Waals surface area contributed by atoms with Gasteiger partial charge in [0.25, 0.3) is 0 Å². The maximum atomic E-state index is 12.9. The van der Waals surface area contributed by atoms with Crippen molar-refractivity contribution in [3.05, 3.63) is 52.3 Å². The third-order valence-corrected chi connectivity index (χ3v) is 11.6. The first-order chi connectivity index (χ1) is 22.5. The van der Waals surface area contributed by atoms with Crippen molar-refractivity contribution < 1.29 is 17.4 Å². The number of piperidine rings is 1. The molecular weight excluding hydrogens is 648 g/mol. The van der Waals surface area contributed by atoms with E-state index < -0.39 is 23.8 Å². The Balaban J connectivity index is 1.05. The van der Waals surface area contributed by atoms with Crippen LogP contribution < -0.4 is 5.32 Å². The first-order valence-corrected chi connectivity index (χ1v) is 17.7. The number of fused-ring (bicyclic) bond motifs is 2. The lowest BCUT2D eigenvalue weighted by Crippen LogP contribution is -2.49. The highest BCUT2D eigenvalue weighted by Gasteiger charge is 2.29. The molecule has 1 unspecified atom stereocenters. The van der Waals surface area contributed by atoms with Crippen LogP contribution in [0.15, 0.2) is 30.6 Å². The molecule has 5 heterocycles. The van der Waals surface area contributed by atoms with Crippen molar-refractivity contribution in [3.8, 4) is 6.07 Å². The van der Waals surface area contributed by atoms with E-state index in [-0.39, 0.29) is 10.9 Å². The molecule has 1 aromatic carbocycles. The molecule has 0 saturated carbocycles. The highest BCUT2D eigenvalue weighted by molar-refractivity contribution is 7.80. The van der Waals surface area contributed by atoms with Crippen LogP contribution in [-0.4, -0.2) is 109 Å². The number of nitrogens with zero attached hydrogens (tertiary/aromatic N) is 8. The highest BCUT2D eigenvalue weighted by atomic mass is 32.2. The van der Waals surface area contributed by atoms with E-state index in [1.807, 2.05) is 24.5 Å². The summed E-state index contributed by atoms with van der Waals surface area (Å²) in [6.45, 7) is 9.44. The molecular formula is C32H40F3N9OS2. The van der Waals surface area contributed by atoms with E-state index in [1.54, 1.807) is 10.4 Å². The number of anilines is 1. The van der Waals surface area contributed by atoms with Crippen LogP contribution in [0.4, 0.5) is 19.0 Å². The molecule has 0 bridgehead atoms. The first kappa shape index (κ1) is 33.8. The SMILES string of the molecule is Cc1c(CN2CCC(Nc3ncnc4sc(CC(F)(F)F)cc34)CC2)ccc2c1cc(C#N)n2CCN1CCN(S(=O)N(C)C)CC1. The van der Waals surface area contributed by atoms with Gasteiger partial charge in [0.05, 0.1) is 11.8 Å². The van der Waals surface area contributed by atoms with Gasteiger partial charge in [-0.25, -0.2) is 22.8 Å². The van der Waals surface area contributed by atoms with Crippen molar-refractivity contribution in [3.63, 3.8) is 0 Å². The van der Waals surface area contributed by atoms with Crippen molar-refractivity contribution >= 4 is 49.4 Å². The maximum absolute atomic E-state index is 12.9. The Morgan fingerprint density at radius 2 is 1.79 bits per heavy atom. The molecule has 1 N–H and O–H groups in total. The van der Waals surface area contributed by atoms with Gasteiger partial charge in [0, 0.05) is 94.8 Å². The quantitative estimate of drug-likeness (QED) is 0.257. The van der Waals surface area contributed by atoms with E-state index in [0.717, 1.165) is 94.0 Å². The fourth-order valence-corrected chi connectivity index (χ4v) is 8.55. The Hall–Kier alpha value is -3.13. The van der Waals surface area contributed by atoms with Crippen molar-refractivity contribution in [2.45, 2.75) is 51.5 Å². The van der Waals surface area contributed by atoms with Crippen LogP contribution in [0, 0.1) is 18.3 Å². The minimum Gasteiger partial charge on any atom is -0.367 e. The number of aryl methyl sites for hydroxylation is 1. The van der Waals surface area contributed by atoms with Crippen LogP contribution in [-0.2, 0) is 30.7 Å². The second-order valence-corrected chi connectivity index (χ2v) is 15.4. The molecule has 2 aliphatic rings. The van der Waals surface area contributed by atoms with Gasteiger partial charge in [0.2, 0.25) is 0 Å². The summed E-state index contributed by atoms with van der Waals surface area (Å²) in [5, 5.41) is 15.2. The Bertz CT molecular complexity index is 1780. The lowest BCUT2D eigenvalue weighted by atomic mass is 10.0. The summed E-state index contributed by atoms with van der Waals surface area (Å²) >= 11 is -0.0383. The van der Waals surface area contributed by atoms with Gasteiger partial charge in [-0.3, -0.25) is 9.80 Å². The number of aromatic nitrogens is 3. The van der Waals surface area contributed by atoms with Crippen molar-refractivity contribution in [2.24, 2.45) is 0 Å². The van der Waals surface area contributed by atoms with Gasteiger partial charge < -0.3 is 9.88 Å². The standard InChI is InChI=1S/C32H40F3N9OS2/c1-22-23(4-5-29-27(22)16-25(19-36)44(29)15-12-41-10-13-43(14-11-41)47(45)40(2)3)20-42-8-6-24(7-9-42)39-30-28-17-26(18-32(33,34)35)46-31(28)38-21-37-30/h4-5,16-17,21,24H,6-15,18,20H2,1-3H3,(H,37,38,39). The lowest BCUT2D eigenvalue weighted by Gasteiger charge is -2.34. The normalized spacial score (nSPS) is 18.3. The maximum Gasteiger partial charge on any atom is 0.393 e. The Morgan fingerprint density at radius 3 is 2.47 bits per heavy atom. The third-order valence-electron chi connectivity index (χ3n) is 9.16. The summed E-state index contributed by atoms with van der Waals surface area (Å²) in [5.74, 6) is 0.597. The van der Waals surface area contributed by atoms with Crippen LogP contribution in [0.3, 0.4) is 0 Å². The summed E-state index contributed by atoms with van der Waals surface area (Å²) < 4.78 is 57.0. The molecule has 2 fully saturated rings. The summed E-state index contributed by atoms with van der Waals surface area (Å²) in [6, 6.07) is 10.5. The van der Waals surface area contributed by atoms with Gasteiger partial charge >= 0.3 is 6.18 Å². The molecule has 0 aliphatic carbocycles. The molecule has 1 atom stereocenters. The van der Waals surface area contributed by atoms with Crippen LogP contribution in [0.1, 0.15) is 34.5 Å².